The number of benzene rings is 2. The SMILES string of the molecule is CCCCCc1ccc(-c2cn(S(=O)(=O)c3ccc(OC)cc3)nn2)cc1. The number of unbranched alkanes of at least 4 members (excludes halogenated alkanes) is 2. The first-order chi connectivity index (χ1) is 13.0. The molecule has 7 heteroatoms. The summed E-state index contributed by atoms with van der Waals surface area (Å²) in [5, 5.41) is 7.84. The lowest BCUT2D eigenvalue weighted by molar-refractivity contribution is 0.414. The van der Waals surface area contributed by atoms with Gasteiger partial charge in [0.25, 0.3) is 10.0 Å². The normalized spacial score (nSPS) is 11.5. The maximum atomic E-state index is 12.7. The van der Waals surface area contributed by atoms with E-state index >= 15 is 0 Å². The molecule has 0 aliphatic carbocycles. The summed E-state index contributed by atoms with van der Waals surface area (Å²) in [5.41, 5.74) is 2.63. The fourth-order valence-electron chi connectivity index (χ4n) is 2.78. The number of nitrogens with zero attached hydrogens (tertiary/aromatic N) is 3. The lowest BCUT2D eigenvalue weighted by atomic mass is 10.0. The van der Waals surface area contributed by atoms with Gasteiger partial charge in [-0.2, -0.15) is 8.42 Å². The maximum Gasteiger partial charge on any atom is 0.284 e. The standard InChI is InChI=1S/C20H23N3O3S/c1-3-4-5-6-16-7-9-17(10-8-16)20-15-23(22-21-20)27(24,25)19-13-11-18(26-2)12-14-19/h7-15H,3-6H2,1-2H3. The van der Waals surface area contributed by atoms with Crippen molar-refractivity contribution in [2.75, 3.05) is 7.11 Å². The average Bonchev–Trinajstić information content (AvgIpc) is 3.20. The molecule has 0 aliphatic rings. The van der Waals surface area contributed by atoms with Crippen LogP contribution in [0.5, 0.6) is 5.75 Å². The monoisotopic (exact) mass is 385 g/mol. The number of rotatable bonds is 8. The first-order valence-electron chi connectivity index (χ1n) is 8.96. The van der Waals surface area contributed by atoms with Gasteiger partial charge in [-0.25, -0.2) is 0 Å². The van der Waals surface area contributed by atoms with E-state index in [1.165, 1.54) is 50.3 Å². The van der Waals surface area contributed by atoms with Crippen molar-refractivity contribution in [3.63, 3.8) is 0 Å². The molecule has 0 saturated heterocycles. The van der Waals surface area contributed by atoms with Crippen LogP contribution in [0.4, 0.5) is 0 Å². The summed E-state index contributed by atoms with van der Waals surface area (Å²) in [4.78, 5) is 0.131. The molecule has 0 saturated carbocycles. The van der Waals surface area contributed by atoms with Crippen molar-refractivity contribution in [2.45, 2.75) is 37.5 Å². The van der Waals surface area contributed by atoms with Gasteiger partial charge in [0.2, 0.25) is 0 Å². The molecule has 0 atom stereocenters. The third-order valence-corrected chi connectivity index (χ3v) is 5.93. The summed E-state index contributed by atoms with van der Waals surface area (Å²) in [6, 6.07) is 14.2. The molecule has 142 valence electrons. The highest BCUT2D eigenvalue weighted by atomic mass is 32.2. The van der Waals surface area contributed by atoms with Gasteiger partial charge >= 0.3 is 0 Å². The van der Waals surface area contributed by atoms with Crippen molar-refractivity contribution < 1.29 is 13.2 Å². The summed E-state index contributed by atoms with van der Waals surface area (Å²) in [7, 11) is -2.26. The topological polar surface area (TPSA) is 74.1 Å². The number of methoxy groups -OCH3 is 1. The van der Waals surface area contributed by atoms with Crippen LogP contribution in [-0.2, 0) is 16.4 Å². The van der Waals surface area contributed by atoms with Crippen LogP contribution in [0.1, 0.15) is 31.7 Å². The van der Waals surface area contributed by atoms with Gasteiger partial charge in [-0.1, -0.05) is 49.2 Å². The van der Waals surface area contributed by atoms with E-state index in [2.05, 4.69) is 29.4 Å². The smallest absolute Gasteiger partial charge is 0.284 e. The van der Waals surface area contributed by atoms with Gasteiger partial charge in [-0.05, 0) is 42.7 Å². The van der Waals surface area contributed by atoms with E-state index in [9.17, 15) is 8.42 Å². The quantitative estimate of drug-likeness (QED) is 0.549. The highest BCUT2D eigenvalue weighted by molar-refractivity contribution is 7.89. The predicted octanol–water partition coefficient (Wildman–Crippen LogP) is 3.92. The molecule has 1 aromatic heterocycles. The van der Waals surface area contributed by atoms with Crippen LogP contribution in [0.3, 0.4) is 0 Å². The van der Waals surface area contributed by atoms with E-state index in [4.69, 9.17) is 4.74 Å². The summed E-state index contributed by atoms with van der Waals surface area (Å²) < 4.78 is 31.4. The molecule has 0 unspecified atom stereocenters. The molecule has 0 bridgehead atoms. The second-order valence-corrected chi connectivity index (χ2v) is 8.11. The van der Waals surface area contributed by atoms with Crippen LogP contribution < -0.4 is 4.74 Å². The van der Waals surface area contributed by atoms with Crippen molar-refractivity contribution in [1.29, 1.82) is 0 Å². The zero-order valence-electron chi connectivity index (χ0n) is 15.5. The molecular formula is C20H23N3O3S. The highest BCUT2D eigenvalue weighted by Crippen LogP contribution is 2.21. The molecule has 0 radical (unpaired) electrons. The van der Waals surface area contributed by atoms with Gasteiger partial charge in [0.15, 0.2) is 0 Å². The summed E-state index contributed by atoms with van der Waals surface area (Å²) in [6.45, 7) is 2.19. The van der Waals surface area contributed by atoms with Gasteiger partial charge < -0.3 is 4.74 Å². The minimum atomic E-state index is -3.79. The largest absolute Gasteiger partial charge is 0.497 e. The number of hydrogen-bond acceptors (Lipinski definition) is 5. The third kappa shape index (κ3) is 4.36. The second-order valence-electron chi connectivity index (χ2n) is 6.31. The summed E-state index contributed by atoms with van der Waals surface area (Å²) >= 11 is 0. The Morgan fingerprint density at radius 2 is 1.70 bits per heavy atom. The minimum absolute atomic E-state index is 0.131. The van der Waals surface area contributed by atoms with Crippen LogP contribution in [0.15, 0.2) is 59.6 Å². The summed E-state index contributed by atoms with van der Waals surface area (Å²) in [5.74, 6) is 0.590. The Kier molecular flexibility index (Phi) is 5.91. The van der Waals surface area contributed by atoms with Crippen molar-refractivity contribution in [3.8, 4) is 17.0 Å². The molecule has 0 N–H and O–H groups in total. The number of ether oxygens (including phenoxy) is 1. The Bertz CT molecular complexity index is 978. The first-order valence-corrected chi connectivity index (χ1v) is 10.4. The Hall–Kier alpha value is -2.67. The van der Waals surface area contributed by atoms with Gasteiger partial charge in [-0.15, -0.1) is 9.19 Å². The van der Waals surface area contributed by atoms with E-state index in [1.54, 1.807) is 12.1 Å². The molecule has 0 amide bonds. The second kappa shape index (κ2) is 8.35. The summed E-state index contributed by atoms with van der Waals surface area (Å²) in [6.07, 6.45) is 6.08. The molecular weight excluding hydrogens is 362 g/mol. The molecule has 1 heterocycles. The lowest BCUT2D eigenvalue weighted by Gasteiger charge is -2.04. The predicted molar refractivity (Wildman–Crippen MR) is 104 cm³/mol. The number of aryl methyl sites for hydroxylation is 1. The Morgan fingerprint density at radius 3 is 2.33 bits per heavy atom. The fraction of sp³-hybridized carbons (Fsp3) is 0.300. The maximum absolute atomic E-state index is 12.7. The van der Waals surface area contributed by atoms with Gasteiger partial charge in [-0.3, -0.25) is 0 Å². The van der Waals surface area contributed by atoms with E-state index in [-0.39, 0.29) is 4.90 Å². The fourth-order valence-corrected chi connectivity index (χ4v) is 3.84. The van der Waals surface area contributed by atoms with Gasteiger partial charge in [0.1, 0.15) is 11.4 Å². The minimum Gasteiger partial charge on any atom is -0.497 e. The van der Waals surface area contributed by atoms with Crippen LogP contribution in [0.25, 0.3) is 11.3 Å². The van der Waals surface area contributed by atoms with Gasteiger partial charge in [0, 0.05) is 5.56 Å². The Labute approximate surface area is 159 Å². The molecule has 6 nitrogen and oxygen atoms in total. The molecule has 27 heavy (non-hydrogen) atoms. The average molecular weight is 385 g/mol. The van der Waals surface area contributed by atoms with E-state index in [0.29, 0.717) is 11.4 Å². The number of aromatic nitrogens is 3. The van der Waals surface area contributed by atoms with Gasteiger partial charge in [0.05, 0.1) is 18.2 Å². The van der Waals surface area contributed by atoms with Crippen molar-refractivity contribution >= 4 is 10.0 Å². The van der Waals surface area contributed by atoms with Crippen LogP contribution in [-0.4, -0.2) is 29.9 Å². The van der Waals surface area contributed by atoms with E-state index in [0.717, 1.165) is 16.1 Å². The molecule has 0 fully saturated rings. The van der Waals surface area contributed by atoms with Crippen molar-refractivity contribution in [2.24, 2.45) is 0 Å². The molecule has 3 aromatic rings. The number of hydrogen-bond donors (Lipinski definition) is 0. The Balaban J connectivity index is 1.79. The van der Waals surface area contributed by atoms with Crippen molar-refractivity contribution in [1.82, 2.24) is 14.4 Å². The zero-order valence-corrected chi connectivity index (χ0v) is 16.3. The van der Waals surface area contributed by atoms with E-state index < -0.39 is 10.0 Å². The lowest BCUT2D eigenvalue weighted by Crippen LogP contribution is -2.13. The molecule has 0 spiro atoms. The van der Waals surface area contributed by atoms with Crippen LogP contribution in [0, 0.1) is 0 Å². The van der Waals surface area contributed by atoms with Crippen molar-refractivity contribution in [3.05, 3.63) is 60.3 Å². The third-order valence-electron chi connectivity index (χ3n) is 4.40. The highest BCUT2D eigenvalue weighted by Gasteiger charge is 2.19. The zero-order chi connectivity index (χ0) is 19.3. The first kappa shape index (κ1) is 19.1. The Morgan fingerprint density at radius 1 is 1.00 bits per heavy atom. The van der Waals surface area contributed by atoms with E-state index in [1.807, 2.05) is 12.1 Å². The molecule has 3 rings (SSSR count). The molecule has 2 aromatic carbocycles. The molecule has 0 aliphatic heterocycles. The van der Waals surface area contributed by atoms with Crippen LogP contribution in [0.2, 0.25) is 0 Å². The van der Waals surface area contributed by atoms with Crippen LogP contribution >= 0.6 is 0 Å².